The van der Waals surface area contributed by atoms with Crippen molar-refractivity contribution in [2.24, 2.45) is 11.5 Å². The van der Waals surface area contributed by atoms with E-state index in [2.05, 4.69) is 0 Å². The second-order valence-corrected chi connectivity index (χ2v) is 3.60. The molecule has 4 heteroatoms. The largest absolute Gasteiger partial charge is 0.508 e. The first-order chi connectivity index (χ1) is 7.15. The third kappa shape index (κ3) is 3.49. The van der Waals surface area contributed by atoms with Crippen LogP contribution in [0.2, 0.25) is 0 Å². The number of rotatable bonds is 5. The first-order valence-electron chi connectivity index (χ1n) is 5.09. The average Bonchev–Trinajstić information content (AvgIpc) is 2.17. The maximum Gasteiger partial charge on any atom is 0.131 e. The molecule has 1 aromatic carbocycles. The van der Waals surface area contributed by atoms with Gasteiger partial charge in [0.2, 0.25) is 0 Å². The maximum absolute atomic E-state index is 13.3. The molecule has 0 fully saturated rings. The molecule has 0 spiro atoms. The molecule has 0 aliphatic rings. The second kappa shape index (κ2) is 5.68. The van der Waals surface area contributed by atoms with Gasteiger partial charge in [-0.05, 0) is 25.5 Å². The Hall–Kier alpha value is -1.13. The van der Waals surface area contributed by atoms with Gasteiger partial charge in [-0.3, -0.25) is 0 Å². The van der Waals surface area contributed by atoms with E-state index < -0.39 is 5.82 Å². The maximum atomic E-state index is 13.3. The summed E-state index contributed by atoms with van der Waals surface area (Å²) in [6.45, 7) is 0.630. The van der Waals surface area contributed by atoms with Gasteiger partial charge in [0.25, 0.3) is 0 Å². The number of phenols is 1. The first-order valence-corrected chi connectivity index (χ1v) is 5.09. The monoisotopic (exact) mass is 212 g/mol. The van der Waals surface area contributed by atoms with E-state index >= 15 is 0 Å². The van der Waals surface area contributed by atoms with Gasteiger partial charge in [-0.2, -0.15) is 0 Å². The van der Waals surface area contributed by atoms with Crippen LogP contribution in [0.1, 0.15) is 30.9 Å². The van der Waals surface area contributed by atoms with Crippen molar-refractivity contribution in [3.63, 3.8) is 0 Å². The van der Waals surface area contributed by atoms with Crippen LogP contribution in [0.3, 0.4) is 0 Å². The highest BCUT2D eigenvalue weighted by Crippen LogP contribution is 2.22. The molecule has 0 amide bonds. The number of hydrogen-bond acceptors (Lipinski definition) is 3. The van der Waals surface area contributed by atoms with E-state index in [9.17, 15) is 4.39 Å². The van der Waals surface area contributed by atoms with Crippen LogP contribution >= 0.6 is 0 Å². The molecule has 0 radical (unpaired) electrons. The van der Waals surface area contributed by atoms with E-state index in [0.29, 0.717) is 18.5 Å². The minimum Gasteiger partial charge on any atom is -0.508 e. The smallest absolute Gasteiger partial charge is 0.131 e. The SMILES string of the molecule is NCCCC[C@H](N)c1ccc(O)cc1F. The molecule has 0 saturated heterocycles. The van der Waals surface area contributed by atoms with E-state index in [1.54, 1.807) is 0 Å². The molecule has 0 unspecified atom stereocenters. The van der Waals surface area contributed by atoms with Crippen molar-refractivity contribution in [1.29, 1.82) is 0 Å². The number of hydrogen-bond donors (Lipinski definition) is 3. The predicted molar refractivity (Wildman–Crippen MR) is 57.9 cm³/mol. The van der Waals surface area contributed by atoms with Crippen molar-refractivity contribution in [3.8, 4) is 5.75 Å². The lowest BCUT2D eigenvalue weighted by Gasteiger charge is -2.12. The van der Waals surface area contributed by atoms with Gasteiger partial charge in [0, 0.05) is 17.7 Å². The van der Waals surface area contributed by atoms with Crippen LogP contribution in [0, 0.1) is 5.82 Å². The standard InChI is InChI=1S/C11H17FN2O/c12-10-7-8(15)4-5-9(10)11(14)3-1-2-6-13/h4-5,7,11,15H,1-3,6,13-14H2/t11-/m0/s1. The molecule has 0 heterocycles. The molecule has 1 rings (SSSR count). The molecule has 0 aromatic heterocycles. The van der Waals surface area contributed by atoms with Crippen LogP contribution in [0.5, 0.6) is 5.75 Å². The number of halogens is 1. The van der Waals surface area contributed by atoms with Crippen molar-refractivity contribution in [2.75, 3.05) is 6.54 Å². The Morgan fingerprint density at radius 3 is 2.67 bits per heavy atom. The molecule has 1 atom stereocenters. The Bertz CT molecular complexity index is 317. The van der Waals surface area contributed by atoms with E-state index in [1.165, 1.54) is 12.1 Å². The number of unbranched alkanes of at least 4 members (excludes halogenated alkanes) is 1. The fourth-order valence-electron chi connectivity index (χ4n) is 1.48. The van der Waals surface area contributed by atoms with Gasteiger partial charge in [-0.1, -0.05) is 12.5 Å². The van der Waals surface area contributed by atoms with Gasteiger partial charge in [-0.15, -0.1) is 0 Å². The van der Waals surface area contributed by atoms with E-state index in [0.717, 1.165) is 18.9 Å². The Balaban J connectivity index is 2.61. The Kier molecular flexibility index (Phi) is 4.52. The summed E-state index contributed by atoms with van der Waals surface area (Å²) in [5.74, 6) is -0.527. The van der Waals surface area contributed by atoms with Crippen LogP contribution in [0.4, 0.5) is 4.39 Å². The highest BCUT2D eigenvalue weighted by Gasteiger charge is 2.11. The normalized spacial score (nSPS) is 12.7. The fourth-order valence-corrected chi connectivity index (χ4v) is 1.48. The van der Waals surface area contributed by atoms with Gasteiger partial charge in [-0.25, -0.2) is 4.39 Å². The molecule has 1 aromatic rings. The Morgan fingerprint density at radius 2 is 2.07 bits per heavy atom. The molecule has 3 nitrogen and oxygen atoms in total. The minimum absolute atomic E-state index is 0.0783. The molecular formula is C11H17FN2O. The quantitative estimate of drug-likeness (QED) is 0.650. The highest BCUT2D eigenvalue weighted by atomic mass is 19.1. The summed E-state index contributed by atoms with van der Waals surface area (Å²) >= 11 is 0. The van der Waals surface area contributed by atoms with Crippen LogP contribution in [0.25, 0.3) is 0 Å². The first kappa shape index (κ1) is 11.9. The summed E-state index contributed by atoms with van der Waals surface area (Å²) < 4.78 is 13.3. The zero-order valence-electron chi connectivity index (χ0n) is 8.62. The lowest BCUT2D eigenvalue weighted by Crippen LogP contribution is -2.12. The number of benzene rings is 1. The molecule has 5 N–H and O–H groups in total. The van der Waals surface area contributed by atoms with E-state index in [-0.39, 0.29) is 11.8 Å². The molecular weight excluding hydrogens is 195 g/mol. The predicted octanol–water partition coefficient (Wildman–Crippen LogP) is 1.66. The van der Waals surface area contributed by atoms with E-state index in [1.807, 2.05) is 0 Å². The van der Waals surface area contributed by atoms with Crippen molar-refractivity contribution in [1.82, 2.24) is 0 Å². The Labute approximate surface area is 88.9 Å². The molecule has 0 saturated carbocycles. The molecule has 0 aliphatic heterocycles. The van der Waals surface area contributed by atoms with Gasteiger partial charge in [0.05, 0.1) is 0 Å². The Morgan fingerprint density at radius 1 is 1.33 bits per heavy atom. The van der Waals surface area contributed by atoms with E-state index in [4.69, 9.17) is 16.6 Å². The molecule has 0 aliphatic carbocycles. The summed E-state index contributed by atoms with van der Waals surface area (Å²) in [5.41, 5.74) is 11.6. The number of nitrogens with two attached hydrogens (primary N) is 2. The third-order valence-electron chi connectivity index (χ3n) is 2.35. The van der Waals surface area contributed by atoms with Gasteiger partial charge in [0.1, 0.15) is 11.6 Å². The van der Waals surface area contributed by atoms with Crippen LogP contribution in [-0.4, -0.2) is 11.7 Å². The lowest BCUT2D eigenvalue weighted by molar-refractivity contribution is 0.465. The lowest BCUT2D eigenvalue weighted by atomic mass is 10.0. The zero-order chi connectivity index (χ0) is 11.3. The van der Waals surface area contributed by atoms with Crippen LogP contribution in [0.15, 0.2) is 18.2 Å². The zero-order valence-corrected chi connectivity index (χ0v) is 8.62. The topological polar surface area (TPSA) is 72.3 Å². The summed E-state index contributed by atoms with van der Waals surface area (Å²) in [6.07, 6.45) is 2.49. The summed E-state index contributed by atoms with van der Waals surface area (Å²) in [6, 6.07) is 3.73. The summed E-state index contributed by atoms with van der Waals surface area (Å²) in [7, 11) is 0. The third-order valence-corrected chi connectivity index (χ3v) is 2.35. The van der Waals surface area contributed by atoms with Crippen molar-refractivity contribution >= 4 is 0 Å². The van der Waals surface area contributed by atoms with Crippen molar-refractivity contribution < 1.29 is 9.50 Å². The fraction of sp³-hybridized carbons (Fsp3) is 0.455. The second-order valence-electron chi connectivity index (χ2n) is 3.60. The van der Waals surface area contributed by atoms with Gasteiger partial charge < -0.3 is 16.6 Å². The van der Waals surface area contributed by atoms with Crippen molar-refractivity contribution in [3.05, 3.63) is 29.6 Å². The highest BCUT2D eigenvalue weighted by molar-refractivity contribution is 5.29. The van der Waals surface area contributed by atoms with Crippen LogP contribution in [-0.2, 0) is 0 Å². The number of aromatic hydroxyl groups is 1. The summed E-state index contributed by atoms with van der Waals surface area (Å²) in [4.78, 5) is 0. The average molecular weight is 212 g/mol. The molecule has 0 bridgehead atoms. The molecule has 15 heavy (non-hydrogen) atoms. The van der Waals surface area contributed by atoms with Crippen molar-refractivity contribution in [2.45, 2.75) is 25.3 Å². The van der Waals surface area contributed by atoms with Crippen LogP contribution < -0.4 is 11.5 Å². The van der Waals surface area contributed by atoms with Gasteiger partial charge >= 0.3 is 0 Å². The molecule has 84 valence electrons. The van der Waals surface area contributed by atoms with Gasteiger partial charge in [0.15, 0.2) is 0 Å². The number of phenolic OH excluding ortho intramolecular Hbond substituents is 1. The minimum atomic E-state index is -0.449. The summed E-state index contributed by atoms with van der Waals surface area (Å²) in [5, 5.41) is 9.04.